The number of carbonyl (C=O) groups excluding carboxylic acids is 2. The summed E-state index contributed by atoms with van der Waals surface area (Å²) in [7, 11) is 2.54. The Morgan fingerprint density at radius 1 is 1.00 bits per heavy atom. The topological polar surface area (TPSA) is 65.1 Å². The van der Waals surface area contributed by atoms with E-state index in [-0.39, 0.29) is 11.3 Å². The van der Waals surface area contributed by atoms with Crippen LogP contribution in [0.4, 0.5) is 5.69 Å². The van der Waals surface area contributed by atoms with E-state index in [9.17, 15) is 9.59 Å². The molecule has 1 aliphatic heterocycles. The molecule has 0 saturated carbocycles. The predicted octanol–water partition coefficient (Wildman–Crippen LogP) is 3.36. The Hall–Kier alpha value is -3.02. The van der Waals surface area contributed by atoms with Crippen molar-refractivity contribution in [3.8, 4) is 5.75 Å². The molecule has 6 nitrogen and oxygen atoms in total. The SMILES string of the molecule is CCCCOc1ccc(N2C=CC=CC(C(=O)OC)=C2C(=O)OC)cc1. The summed E-state index contributed by atoms with van der Waals surface area (Å²) >= 11 is 0. The molecule has 0 aliphatic carbocycles. The van der Waals surface area contributed by atoms with Gasteiger partial charge in [0.25, 0.3) is 0 Å². The molecule has 1 aromatic carbocycles. The van der Waals surface area contributed by atoms with E-state index >= 15 is 0 Å². The Morgan fingerprint density at radius 3 is 2.31 bits per heavy atom. The van der Waals surface area contributed by atoms with E-state index in [0.717, 1.165) is 18.6 Å². The molecule has 26 heavy (non-hydrogen) atoms. The number of rotatable bonds is 7. The average molecular weight is 357 g/mol. The minimum absolute atomic E-state index is 0.0870. The number of benzene rings is 1. The number of ether oxygens (including phenoxy) is 3. The summed E-state index contributed by atoms with van der Waals surface area (Å²) in [6.07, 6.45) is 8.65. The highest BCUT2D eigenvalue weighted by molar-refractivity contribution is 6.05. The molecular formula is C20H23NO5. The summed E-state index contributed by atoms with van der Waals surface area (Å²) in [5.74, 6) is -0.504. The van der Waals surface area contributed by atoms with Crippen molar-refractivity contribution < 1.29 is 23.8 Å². The van der Waals surface area contributed by atoms with Crippen LogP contribution in [0.15, 0.2) is 60.0 Å². The van der Waals surface area contributed by atoms with Crippen LogP contribution in [0.1, 0.15) is 19.8 Å². The first-order valence-electron chi connectivity index (χ1n) is 8.40. The van der Waals surface area contributed by atoms with Crippen LogP contribution < -0.4 is 9.64 Å². The molecule has 1 heterocycles. The van der Waals surface area contributed by atoms with E-state index in [4.69, 9.17) is 14.2 Å². The fourth-order valence-corrected chi connectivity index (χ4v) is 2.40. The largest absolute Gasteiger partial charge is 0.494 e. The Balaban J connectivity index is 2.38. The van der Waals surface area contributed by atoms with Crippen molar-refractivity contribution in [1.82, 2.24) is 0 Å². The Morgan fingerprint density at radius 2 is 1.69 bits per heavy atom. The Labute approximate surface area is 153 Å². The Bertz CT molecular complexity index is 731. The number of unbranched alkanes of at least 4 members (excludes halogenated alkanes) is 1. The fourth-order valence-electron chi connectivity index (χ4n) is 2.40. The highest BCUT2D eigenvalue weighted by atomic mass is 16.5. The van der Waals surface area contributed by atoms with Crippen molar-refractivity contribution in [1.29, 1.82) is 0 Å². The lowest BCUT2D eigenvalue weighted by molar-refractivity contribution is -0.139. The summed E-state index contributed by atoms with van der Waals surface area (Å²) in [6.45, 7) is 2.76. The normalized spacial score (nSPS) is 13.4. The molecule has 0 fully saturated rings. The van der Waals surface area contributed by atoms with Crippen LogP contribution in [0.3, 0.4) is 0 Å². The van der Waals surface area contributed by atoms with Crippen LogP contribution in [0.5, 0.6) is 5.75 Å². The van der Waals surface area contributed by atoms with Crippen LogP contribution in [0.2, 0.25) is 0 Å². The van der Waals surface area contributed by atoms with E-state index < -0.39 is 11.9 Å². The number of esters is 2. The van der Waals surface area contributed by atoms with Gasteiger partial charge in [-0.15, -0.1) is 0 Å². The first-order valence-corrected chi connectivity index (χ1v) is 8.40. The van der Waals surface area contributed by atoms with Gasteiger partial charge >= 0.3 is 11.9 Å². The monoisotopic (exact) mass is 357 g/mol. The molecule has 0 bridgehead atoms. The van der Waals surface area contributed by atoms with Gasteiger partial charge in [0.05, 0.1) is 26.4 Å². The number of carbonyl (C=O) groups is 2. The van der Waals surface area contributed by atoms with Crippen LogP contribution in [-0.2, 0) is 19.1 Å². The molecule has 6 heteroatoms. The van der Waals surface area contributed by atoms with Crippen molar-refractivity contribution in [3.05, 3.63) is 60.0 Å². The Kier molecular flexibility index (Phi) is 7.02. The molecule has 0 N–H and O–H groups in total. The van der Waals surface area contributed by atoms with Gasteiger partial charge < -0.3 is 19.1 Å². The lowest BCUT2D eigenvalue weighted by Gasteiger charge is -2.23. The smallest absolute Gasteiger partial charge is 0.355 e. The summed E-state index contributed by atoms with van der Waals surface area (Å²) in [4.78, 5) is 26.1. The third kappa shape index (κ3) is 4.53. The maximum absolute atomic E-state index is 12.4. The van der Waals surface area contributed by atoms with E-state index in [1.165, 1.54) is 20.3 Å². The van der Waals surface area contributed by atoms with Crippen molar-refractivity contribution in [2.24, 2.45) is 0 Å². The summed E-state index contributed by atoms with van der Waals surface area (Å²) < 4.78 is 15.3. The number of hydrogen-bond donors (Lipinski definition) is 0. The van der Waals surface area contributed by atoms with Gasteiger partial charge in [-0.3, -0.25) is 0 Å². The maximum atomic E-state index is 12.4. The fraction of sp³-hybridized carbons (Fsp3) is 0.300. The first kappa shape index (κ1) is 19.3. The number of hydrogen-bond acceptors (Lipinski definition) is 6. The van der Waals surface area contributed by atoms with Crippen molar-refractivity contribution in [2.75, 3.05) is 25.7 Å². The van der Waals surface area contributed by atoms with Gasteiger partial charge in [0.1, 0.15) is 11.4 Å². The minimum Gasteiger partial charge on any atom is -0.494 e. The van der Waals surface area contributed by atoms with E-state index in [1.807, 2.05) is 24.3 Å². The average Bonchev–Trinajstić information content (AvgIpc) is 2.90. The maximum Gasteiger partial charge on any atom is 0.355 e. The molecule has 0 unspecified atom stereocenters. The van der Waals surface area contributed by atoms with Gasteiger partial charge in [-0.25, -0.2) is 9.59 Å². The summed E-state index contributed by atoms with van der Waals surface area (Å²) in [5, 5.41) is 0. The molecule has 138 valence electrons. The van der Waals surface area contributed by atoms with Gasteiger partial charge in [-0.2, -0.15) is 0 Å². The van der Waals surface area contributed by atoms with E-state index in [2.05, 4.69) is 6.92 Å². The molecule has 1 aromatic rings. The lowest BCUT2D eigenvalue weighted by Crippen LogP contribution is -2.26. The second-order valence-electron chi connectivity index (χ2n) is 5.51. The third-order valence-electron chi connectivity index (χ3n) is 3.77. The van der Waals surface area contributed by atoms with Gasteiger partial charge in [0.15, 0.2) is 0 Å². The molecule has 0 atom stereocenters. The second kappa shape index (κ2) is 9.46. The van der Waals surface area contributed by atoms with Crippen LogP contribution in [0, 0.1) is 0 Å². The standard InChI is InChI=1S/C20H23NO5/c1-4-5-14-26-16-11-9-15(10-12-16)21-13-7-6-8-17(19(22)24-2)18(21)20(23)25-3/h6-13H,4-5,14H2,1-3H3. The van der Waals surface area contributed by atoms with Gasteiger partial charge in [0.2, 0.25) is 0 Å². The van der Waals surface area contributed by atoms with Crippen molar-refractivity contribution >= 4 is 17.6 Å². The van der Waals surface area contributed by atoms with Crippen molar-refractivity contribution in [2.45, 2.75) is 19.8 Å². The second-order valence-corrected chi connectivity index (χ2v) is 5.51. The number of nitrogens with zero attached hydrogens (tertiary/aromatic N) is 1. The predicted molar refractivity (Wildman–Crippen MR) is 98.7 cm³/mol. The summed E-state index contributed by atoms with van der Waals surface area (Å²) in [5.41, 5.74) is 0.895. The molecule has 1 aliphatic rings. The number of allylic oxidation sites excluding steroid dienone is 2. The molecule has 0 radical (unpaired) electrons. The van der Waals surface area contributed by atoms with Crippen LogP contribution in [-0.4, -0.2) is 32.8 Å². The zero-order valence-corrected chi connectivity index (χ0v) is 15.2. The van der Waals surface area contributed by atoms with Crippen LogP contribution >= 0.6 is 0 Å². The van der Waals surface area contributed by atoms with E-state index in [1.54, 1.807) is 23.3 Å². The third-order valence-corrected chi connectivity index (χ3v) is 3.77. The number of methoxy groups -OCH3 is 2. The molecule has 0 saturated heterocycles. The molecule has 0 amide bonds. The van der Waals surface area contributed by atoms with E-state index in [0.29, 0.717) is 12.3 Å². The zero-order chi connectivity index (χ0) is 18.9. The van der Waals surface area contributed by atoms with Gasteiger partial charge in [-0.1, -0.05) is 19.4 Å². The lowest BCUT2D eigenvalue weighted by atomic mass is 10.1. The van der Waals surface area contributed by atoms with Crippen molar-refractivity contribution in [3.63, 3.8) is 0 Å². The highest BCUT2D eigenvalue weighted by Gasteiger charge is 2.27. The van der Waals surface area contributed by atoms with Gasteiger partial charge in [0, 0.05) is 11.9 Å². The molecule has 0 aromatic heterocycles. The minimum atomic E-state index is -0.634. The van der Waals surface area contributed by atoms with Gasteiger partial charge in [-0.05, 0) is 42.8 Å². The zero-order valence-electron chi connectivity index (χ0n) is 15.2. The molecule has 0 spiro atoms. The number of anilines is 1. The molecular weight excluding hydrogens is 334 g/mol. The molecule has 2 rings (SSSR count). The first-order chi connectivity index (χ1) is 12.6. The van der Waals surface area contributed by atoms with Crippen LogP contribution in [0.25, 0.3) is 0 Å². The summed E-state index contributed by atoms with van der Waals surface area (Å²) in [6, 6.07) is 7.28. The quantitative estimate of drug-likeness (QED) is 0.551. The highest BCUT2D eigenvalue weighted by Crippen LogP contribution is 2.28.